The van der Waals surface area contributed by atoms with E-state index in [1.165, 1.54) is 0 Å². The fourth-order valence-corrected chi connectivity index (χ4v) is 4.03. The van der Waals surface area contributed by atoms with Gasteiger partial charge in [-0.15, -0.1) is 0 Å². The third kappa shape index (κ3) is 1.67. The number of allylic oxidation sites excluding steroid dienone is 4. The molecule has 0 aromatic heterocycles. The molecule has 0 heterocycles. The van der Waals surface area contributed by atoms with Crippen LogP contribution >= 0.6 is 46.4 Å². The maximum absolute atomic E-state index is 6.56. The summed E-state index contributed by atoms with van der Waals surface area (Å²) in [5.41, 5.74) is 3.29. The number of alkyl halides is 4. The smallest absolute Gasteiger partial charge is 0.0912 e. The largest absolute Gasteiger partial charge is 0.168 e. The highest BCUT2D eigenvalue weighted by atomic mass is 35.5. The number of fused-ring (bicyclic) bond motifs is 1. The van der Waals surface area contributed by atoms with Gasteiger partial charge in [-0.05, 0) is 35.1 Å². The molecule has 0 spiro atoms. The number of halogens is 4. The normalized spacial score (nSPS) is 23.6. The first-order chi connectivity index (χ1) is 8.45. The molecule has 2 aliphatic rings. The van der Waals surface area contributed by atoms with Crippen LogP contribution in [0.15, 0.2) is 47.6 Å². The van der Waals surface area contributed by atoms with Gasteiger partial charge in [0.1, 0.15) is 0 Å². The molecule has 2 aliphatic carbocycles. The minimum Gasteiger partial charge on any atom is -0.0912 e. The van der Waals surface area contributed by atoms with Crippen LogP contribution in [0.5, 0.6) is 0 Å². The van der Waals surface area contributed by atoms with Gasteiger partial charge in [0.15, 0.2) is 8.67 Å². The highest BCUT2D eigenvalue weighted by Gasteiger charge is 2.48. The average Bonchev–Trinajstić information content (AvgIpc) is 2.37. The Morgan fingerprint density at radius 3 is 2.17 bits per heavy atom. The van der Waals surface area contributed by atoms with Crippen molar-refractivity contribution in [1.29, 1.82) is 0 Å². The molecule has 0 atom stereocenters. The van der Waals surface area contributed by atoms with Crippen LogP contribution in [0.2, 0.25) is 0 Å². The first-order valence-corrected chi connectivity index (χ1v) is 7.23. The van der Waals surface area contributed by atoms with Crippen LogP contribution in [0.1, 0.15) is 24.0 Å². The van der Waals surface area contributed by atoms with E-state index in [0.29, 0.717) is 0 Å². The number of rotatable bonds is 0. The molecule has 94 valence electrons. The Bertz CT molecular complexity index is 567. The summed E-state index contributed by atoms with van der Waals surface area (Å²) < 4.78 is -2.11. The summed E-state index contributed by atoms with van der Waals surface area (Å²) in [6.07, 6.45) is 5.69. The van der Waals surface area contributed by atoms with Gasteiger partial charge in [-0.2, -0.15) is 0 Å². The lowest BCUT2D eigenvalue weighted by Crippen LogP contribution is -2.32. The maximum Gasteiger partial charge on any atom is 0.168 e. The van der Waals surface area contributed by atoms with Crippen molar-refractivity contribution in [1.82, 2.24) is 0 Å². The summed E-state index contributed by atoms with van der Waals surface area (Å²) in [5.74, 6) is 0. The Kier molecular flexibility index (Phi) is 2.99. The van der Waals surface area contributed by atoms with E-state index in [-0.39, 0.29) is 0 Å². The lowest BCUT2D eigenvalue weighted by atomic mass is 9.80. The molecule has 0 bridgehead atoms. The first kappa shape index (κ1) is 12.9. The maximum atomic E-state index is 6.56. The molecular weight excluding hydrogens is 310 g/mol. The zero-order valence-corrected chi connectivity index (χ0v) is 12.4. The van der Waals surface area contributed by atoms with Crippen molar-refractivity contribution in [2.45, 2.75) is 21.5 Å². The molecule has 0 saturated heterocycles. The van der Waals surface area contributed by atoms with E-state index in [0.717, 1.165) is 35.1 Å². The van der Waals surface area contributed by atoms with Crippen molar-refractivity contribution in [2.24, 2.45) is 0 Å². The van der Waals surface area contributed by atoms with Crippen LogP contribution in [-0.2, 0) is 8.67 Å². The molecular formula is C14H10Cl4. The van der Waals surface area contributed by atoms with E-state index in [1.54, 1.807) is 0 Å². The highest BCUT2D eigenvalue weighted by Crippen LogP contribution is 2.59. The predicted molar refractivity (Wildman–Crippen MR) is 78.6 cm³/mol. The van der Waals surface area contributed by atoms with Gasteiger partial charge in [-0.3, -0.25) is 0 Å². The van der Waals surface area contributed by atoms with Crippen molar-refractivity contribution >= 4 is 46.4 Å². The van der Waals surface area contributed by atoms with Gasteiger partial charge in [0.25, 0.3) is 0 Å². The summed E-state index contributed by atoms with van der Waals surface area (Å²) in [4.78, 5) is 0. The Balaban J connectivity index is 2.34. The van der Waals surface area contributed by atoms with E-state index in [9.17, 15) is 0 Å². The molecule has 18 heavy (non-hydrogen) atoms. The van der Waals surface area contributed by atoms with E-state index >= 15 is 0 Å². The van der Waals surface area contributed by atoms with Crippen molar-refractivity contribution in [3.8, 4) is 0 Å². The summed E-state index contributed by atoms with van der Waals surface area (Å²) in [6.45, 7) is 0. The van der Waals surface area contributed by atoms with E-state index in [4.69, 9.17) is 46.4 Å². The van der Waals surface area contributed by atoms with Crippen molar-refractivity contribution in [3.63, 3.8) is 0 Å². The van der Waals surface area contributed by atoms with Crippen molar-refractivity contribution in [2.75, 3.05) is 0 Å². The molecule has 0 fully saturated rings. The fourth-order valence-electron chi connectivity index (χ4n) is 2.62. The average molecular weight is 320 g/mol. The zero-order chi connectivity index (χ0) is 13.0. The molecule has 1 aromatic rings. The van der Waals surface area contributed by atoms with Crippen LogP contribution in [-0.4, -0.2) is 0 Å². The number of hydrogen-bond donors (Lipinski definition) is 0. The second-order valence-corrected chi connectivity index (χ2v) is 7.18. The van der Waals surface area contributed by atoms with Gasteiger partial charge in [-0.1, -0.05) is 82.8 Å². The SMILES string of the molecule is ClC1(Cl)C2=C(CCC=C2)C(Cl)(Cl)c2ccccc21. The Labute approximate surface area is 126 Å². The van der Waals surface area contributed by atoms with Crippen molar-refractivity contribution in [3.05, 3.63) is 58.7 Å². The standard InChI is InChI=1S/C14H10Cl4/c15-13(16)9-5-1-2-6-10(9)14(17,18)12-8-4-3-7-11(12)13/h1-3,5-7H,4,8H2. The van der Waals surface area contributed by atoms with E-state index in [1.807, 2.05) is 30.3 Å². The van der Waals surface area contributed by atoms with E-state index in [2.05, 4.69) is 6.08 Å². The van der Waals surface area contributed by atoms with Crippen molar-refractivity contribution < 1.29 is 0 Å². The molecule has 0 N–H and O–H groups in total. The van der Waals surface area contributed by atoms with Gasteiger partial charge >= 0.3 is 0 Å². The van der Waals surface area contributed by atoms with E-state index < -0.39 is 8.67 Å². The molecule has 3 rings (SSSR count). The molecule has 1 aromatic carbocycles. The zero-order valence-electron chi connectivity index (χ0n) is 9.39. The second kappa shape index (κ2) is 4.18. The first-order valence-electron chi connectivity index (χ1n) is 5.72. The van der Waals surface area contributed by atoms with Gasteiger partial charge < -0.3 is 0 Å². The Morgan fingerprint density at radius 1 is 0.889 bits per heavy atom. The minimum absolute atomic E-state index is 0.767. The van der Waals surface area contributed by atoms with Gasteiger partial charge in [0.05, 0.1) is 0 Å². The van der Waals surface area contributed by atoms with Crippen LogP contribution in [0.25, 0.3) is 0 Å². The summed E-state index contributed by atoms with van der Waals surface area (Å²) in [7, 11) is 0. The predicted octanol–water partition coefficient (Wildman–Crippen LogP) is 5.61. The van der Waals surface area contributed by atoms with Crippen LogP contribution in [0.4, 0.5) is 0 Å². The Hall–Kier alpha value is -0.140. The van der Waals surface area contributed by atoms with Gasteiger partial charge in [0, 0.05) is 0 Å². The molecule has 0 saturated carbocycles. The van der Waals surface area contributed by atoms with Crippen LogP contribution < -0.4 is 0 Å². The van der Waals surface area contributed by atoms with Gasteiger partial charge in [0.2, 0.25) is 0 Å². The third-order valence-electron chi connectivity index (χ3n) is 3.49. The minimum atomic E-state index is -1.07. The summed E-state index contributed by atoms with van der Waals surface area (Å²) >= 11 is 26.2. The Morgan fingerprint density at radius 2 is 1.50 bits per heavy atom. The monoisotopic (exact) mass is 318 g/mol. The van der Waals surface area contributed by atoms with Gasteiger partial charge in [-0.25, -0.2) is 0 Å². The quantitative estimate of drug-likeness (QED) is 0.545. The van der Waals surface area contributed by atoms with Crippen LogP contribution in [0, 0.1) is 0 Å². The molecule has 0 unspecified atom stereocenters. The molecule has 0 aliphatic heterocycles. The second-order valence-electron chi connectivity index (χ2n) is 4.53. The summed E-state index contributed by atoms with van der Waals surface area (Å²) in [5, 5.41) is 0. The molecule has 0 radical (unpaired) electrons. The number of hydrogen-bond acceptors (Lipinski definition) is 0. The molecule has 4 heteroatoms. The lowest BCUT2D eigenvalue weighted by molar-refractivity contribution is 0.760. The fraction of sp³-hybridized carbons (Fsp3) is 0.286. The number of benzene rings is 1. The molecule has 0 amide bonds. The lowest BCUT2D eigenvalue weighted by Gasteiger charge is -2.40. The molecule has 0 nitrogen and oxygen atoms in total. The highest BCUT2D eigenvalue weighted by molar-refractivity contribution is 6.54. The third-order valence-corrected chi connectivity index (χ3v) is 5.17. The topological polar surface area (TPSA) is 0 Å². The summed E-state index contributed by atoms with van der Waals surface area (Å²) in [6, 6.07) is 7.55. The van der Waals surface area contributed by atoms with Crippen LogP contribution in [0.3, 0.4) is 0 Å².